The molecule has 0 atom stereocenters. The summed E-state index contributed by atoms with van der Waals surface area (Å²) in [5, 5.41) is 0.647. The van der Waals surface area contributed by atoms with Gasteiger partial charge in [-0.15, -0.1) is 0 Å². The molecule has 86 valence electrons. The van der Waals surface area contributed by atoms with E-state index in [1.54, 1.807) is 19.1 Å². The molecule has 0 heterocycles. The summed E-state index contributed by atoms with van der Waals surface area (Å²) >= 11 is 6.01. The Kier molecular flexibility index (Phi) is 3.30. The fraction of sp³-hybridized carbons (Fsp3) is 0.133. The first kappa shape index (κ1) is 11.9. The molecule has 0 fully saturated rings. The third-order valence-corrected chi connectivity index (χ3v) is 3.03. The third-order valence-electron chi connectivity index (χ3n) is 2.80. The van der Waals surface area contributed by atoms with Gasteiger partial charge in [-0.2, -0.15) is 0 Å². The van der Waals surface area contributed by atoms with Crippen molar-refractivity contribution in [1.29, 1.82) is 0 Å². The Morgan fingerprint density at radius 2 is 1.76 bits per heavy atom. The van der Waals surface area contributed by atoms with Gasteiger partial charge in [-0.1, -0.05) is 35.9 Å². The van der Waals surface area contributed by atoms with Crippen LogP contribution >= 0.6 is 11.6 Å². The minimum atomic E-state index is 0.0555. The van der Waals surface area contributed by atoms with Gasteiger partial charge in [-0.25, -0.2) is 0 Å². The smallest absolute Gasteiger partial charge is 0.160 e. The van der Waals surface area contributed by atoms with Crippen LogP contribution in [0.3, 0.4) is 0 Å². The van der Waals surface area contributed by atoms with E-state index in [4.69, 9.17) is 11.6 Å². The van der Waals surface area contributed by atoms with Crippen LogP contribution in [0, 0.1) is 6.92 Å². The molecule has 2 aromatic carbocycles. The topological polar surface area (TPSA) is 17.1 Å². The van der Waals surface area contributed by atoms with Gasteiger partial charge in [0, 0.05) is 10.6 Å². The van der Waals surface area contributed by atoms with Crippen molar-refractivity contribution >= 4 is 17.4 Å². The van der Waals surface area contributed by atoms with Gasteiger partial charge in [0.25, 0.3) is 0 Å². The van der Waals surface area contributed by atoms with E-state index < -0.39 is 0 Å². The van der Waals surface area contributed by atoms with Crippen LogP contribution in [0.4, 0.5) is 0 Å². The van der Waals surface area contributed by atoms with E-state index in [0.29, 0.717) is 10.6 Å². The van der Waals surface area contributed by atoms with Crippen molar-refractivity contribution in [3.05, 3.63) is 58.6 Å². The van der Waals surface area contributed by atoms with E-state index in [1.165, 1.54) is 0 Å². The molecule has 0 aliphatic carbocycles. The lowest BCUT2D eigenvalue weighted by Crippen LogP contribution is -1.97. The van der Waals surface area contributed by atoms with Crippen LogP contribution in [0.15, 0.2) is 42.5 Å². The number of halogens is 1. The number of Topliss-reactive ketones (excluding diaryl/α,β-unsaturated/α-hetero) is 1. The summed E-state index contributed by atoms with van der Waals surface area (Å²) in [5.41, 5.74) is 3.81. The lowest BCUT2D eigenvalue weighted by molar-refractivity contribution is 0.101. The molecule has 0 N–H and O–H groups in total. The van der Waals surface area contributed by atoms with Gasteiger partial charge in [0.2, 0.25) is 0 Å². The Bertz CT molecular complexity index is 573. The van der Waals surface area contributed by atoms with Crippen LogP contribution in [-0.4, -0.2) is 5.78 Å². The summed E-state index contributed by atoms with van der Waals surface area (Å²) < 4.78 is 0. The number of carbonyl (C=O) groups is 1. The Hall–Kier alpha value is -1.60. The molecule has 1 nitrogen and oxygen atoms in total. The van der Waals surface area contributed by atoms with Crippen LogP contribution in [0.5, 0.6) is 0 Å². The predicted octanol–water partition coefficient (Wildman–Crippen LogP) is 4.52. The fourth-order valence-electron chi connectivity index (χ4n) is 1.92. The van der Waals surface area contributed by atoms with E-state index in [9.17, 15) is 4.79 Å². The van der Waals surface area contributed by atoms with E-state index in [1.807, 2.05) is 37.3 Å². The largest absolute Gasteiger partial charge is 0.294 e. The fourth-order valence-corrected chi connectivity index (χ4v) is 2.09. The lowest BCUT2D eigenvalue weighted by Gasteiger charge is -2.10. The maximum absolute atomic E-state index is 11.6. The Balaban J connectivity index is 2.70. The van der Waals surface area contributed by atoms with Crippen molar-refractivity contribution in [2.24, 2.45) is 0 Å². The highest BCUT2D eigenvalue weighted by atomic mass is 35.5. The zero-order chi connectivity index (χ0) is 12.4. The van der Waals surface area contributed by atoms with E-state index in [0.717, 1.165) is 16.7 Å². The van der Waals surface area contributed by atoms with Crippen LogP contribution in [-0.2, 0) is 0 Å². The molecule has 0 amide bonds. The number of aryl methyl sites for hydroxylation is 1. The Morgan fingerprint density at radius 1 is 1.06 bits per heavy atom. The monoisotopic (exact) mass is 244 g/mol. The normalized spacial score (nSPS) is 10.3. The Morgan fingerprint density at radius 3 is 2.41 bits per heavy atom. The molecular formula is C15H13ClO. The Labute approximate surface area is 106 Å². The van der Waals surface area contributed by atoms with Crippen LogP contribution in [0.1, 0.15) is 22.8 Å². The first-order valence-corrected chi connectivity index (χ1v) is 5.84. The van der Waals surface area contributed by atoms with Gasteiger partial charge in [-0.05, 0) is 48.7 Å². The number of benzene rings is 2. The number of ketones is 1. The van der Waals surface area contributed by atoms with Gasteiger partial charge in [-0.3, -0.25) is 4.79 Å². The van der Waals surface area contributed by atoms with Gasteiger partial charge in [0.15, 0.2) is 5.78 Å². The zero-order valence-electron chi connectivity index (χ0n) is 9.83. The minimum absolute atomic E-state index is 0.0555. The van der Waals surface area contributed by atoms with Crippen molar-refractivity contribution in [1.82, 2.24) is 0 Å². The first-order valence-electron chi connectivity index (χ1n) is 5.46. The number of rotatable bonds is 2. The number of carbonyl (C=O) groups excluding carboxylic acids is 1. The molecule has 0 spiro atoms. The average molecular weight is 245 g/mol. The van der Waals surface area contributed by atoms with E-state index in [-0.39, 0.29) is 5.78 Å². The number of hydrogen-bond acceptors (Lipinski definition) is 1. The third kappa shape index (κ3) is 2.40. The quantitative estimate of drug-likeness (QED) is 0.710. The van der Waals surface area contributed by atoms with E-state index in [2.05, 4.69) is 0 Å². The highest BCUT2D eigenvalue weighted by molar-refractivity contribution is 6.31. The molecule has 0 aromatic heterocycles. The molecule has 0 unspecified atom stereocenters. The van der Waals surface area contributed by atoms with Gasteiger partial charge < -0.3 is 0 Å². The van der Waals surface area contributed by atoms with Crippen LogP contribution in [0.25, 0.3) is 11.1 Å². The number of hydrogen-bond donors (Lipinski definition) is 0. The summed E-state index contributed by atoms with van der Waals surface area (Å²) in [5.74, 6) is 0.0555. The maximum atomic E-state index is 11.6. The summed E-state index contributed by atoms with van der Waals surface area (Å²) in [6.45, 7) is 3.60. The van der Waals surface area contributed by atoms with Crippen molar-refractivity contribution in [2.45, 2.75) is 13.8 Å². The lowest BCUT2D eigenvalue weighted by atomic mass is 9.94. The maximum Gasteiger partial charge on any atom is 0.160 e. The van der Waals surface area contributed by atoms with Gasteiger partial charge in [0.1, 0.15) is 0 Å². The first-order chi connectivity index (χ1) is 8.09. The van der Waals surface area contributed by atoms with Crippen molar-refractivity contribution in [3.63, 3.8) is 0 Å². The highest BCUT2D eigenvalue weighted by Gasteiger charge is 2.11. The molecule has 2 rings (SSSR count). The summed E-state index contributed by atoms with van der Waals surface area (Å²) in [6.07, 6.45) is 0. The summed E-state index contributed by atoms with van der Waals surface area (Å²) in [7, 11) is 0. The SMILES string of the molecule is CC(=O)c1ccc(Cl)cc1-c1ccccc1C. The summed E-state index contributed by atoms with van der Waals surface area (Å²) in [4.78, 5) is 11.6. The molecule has 0 radical (unpaired) electrons. The molecular weight excluding hydrogens is 232 g/mol. The molecule has 0 aliphatic rings. The second-order valence-electron chi connectivity index (χ2n) is 4.06. The van der Waals surface area contributed by atoms with Crippen molar-refractivity contribution in [3.8, 4) is 11.1 Å². The second-order valence-corrected chi connectivity index (χ2v) is 4.50. The van der Waals surface area contributed by atoms with Gasteiger partial charge in [0.05, 0.1) is 0 Å². The van der Waals surface area contributed by atoms with Crippen LogP contribution < -0.4 is 0 Å². The molecule has 2 aromatic rings. The van der Waals surface area contributed by atoms with Crippen molar-refractivity contribution < 1.29 is 4.79 Å². The molecule has 0 aliphatic heterocycles. The predicted molar refractivity (Wildman–Crippen MR) is 71.6 cm³/mol. The zero-order valence-corrected chi connectivity index (χ0v) is 10.6. The minimum Gasteiger partial charge on any atom is -0.294 e. The van der Waals surface area contributed by atoms with E-state index >= 15 is 0 Å². The average Bonchev–Trinajstić information content (AvgIpc) is 2.29. The molecule has 0 saturated carbocycles. The second kappa shape index (κ2) is 4.72. The van der Waals surface area contributed by atoms with Gasteiger partial charge >= 0.3 is 0 Å². The molecule has 2 heteroatoms. The van der Waals surface area contributed by atoms with Crippen molar-refractivity contribution in [2.75, 3.05) is 0 Å². The molecule has 0 bridgehead atoms. The summed E-state index contributed by atoms with van der Waals surface area (Å²) in [6, 6.07) is 13.4. The van der Waals surface area contributed by atoms with Crippen LogP contribution in [0.2, 0.25) is 5.02 Å². The molecule has 17 heavy (non-hydrogen) atoms. The molecule has 0 saturated heterocycles. The standard InChI is InChI=1S/C15H13ClO/c1-10-5-3-4-6-13(10)15-9-12(16)7-8-14(15)11(2)17/h3-9H,1-2H3. The highest BCUT2D eigenvalue weighted by Crippen LogP contribution is 2.29.